The van der Waals surface area contributed by atoms with Crippen LogP contribution in [0, 0.1) is 5.92 Å². The van der Waals surface area contributed by atoms with Gasteiger partial charge in [0.25, 0.3) is 0 Å². The fourth-order valence-electron chi connectivity index (χ4n) is 2.93. The lowest BCUT2D eigenvalue weighted by atomic mass is 9.92. The van der Waals surface area contributed by atoms with Gasteiger partial charge in [-0.05, 0) is 51.4 Å². The Labute approximate surface area is 125 Å². The molecule has 1 saturated heterocycles. The molecule has 1 N–H and O–H groups in total. The zero-order chi connectivity index (χ0) is 14.7. The molecule has 112 valence electrons. The van der Waals surface area contributed by atoms with Crippen LogP contribution in [-0.4, -0.2) is 50.8 Å². The van der Waals surface area contributed by atoms with Crippen molar-refractivity contribution < 1.29 is 0 Å². The van der Waals surface area contributed by atoms with Crippen molar-refractivity contribution in [3.8, 4) is 5.82 Å². The van der Waals surface area contributed by atoms with Gasteiger partial charge in [-0.2, -0.15) is 5.10 Å². The molecule has 2 aromatic rings. The maximum absolute atomic E-state index is 4.42. The largest absolute Gasteiger partial charge is 0.381 e. The summed E-state index contributed by atoms with van der Waals surface area (Å²) < 4.78 is 1.66. The van der Waals surface area contributed by atoms with Crippen molar-refractivity contribution in [3.63, 3.8) is 0 Å². The third-order valence-electron chi connectivity index (χ3n) is 4.16. The number of piperidine rings is 1. The molecule has 3 heterocycles. The number of likely N-dealkylation sites (tertiary alicyclic amines) is 1. The van der Waals surface area contributed by atoms with Gasteiger partial charge in [-0.1, -0.05) is 0 Å². The fraction of sp³-hybridized carbons (Fsp3) is 0.533. The summed E-state index contributed by atoms with van der Waals surface area (Å²) >= 11 is 0. The SMILES string of the molecule is CC(Nc1ccc(-n2cncn2)nc1)C1CCCN(C)C1. The van der Waals surface area contributed by atoms with Crippen molar-refractivity contribution in [2.75, 3.05) is 25.5 Å². The minimum absolute atomic E-state index is 0.451. The van der Waals surface area contributed by atoms with Gasteiger partial charge in [-0.3, -0.25) is 0 Å². The second-order valence-electron chi connectivity index (χ2n) is 5.84. The van der Waals surface area contributed by atoms with Crippen molar-refractivity contribution in [1.29, 1.82) is 0 Å². The number of hydrogen-bond acceptors (Lipinski definition) is 5. The molecule has 2 atom stereocenters. The van der Waals surface area contributed by atoms with Gasteiger partial charge in [-0.15, -0.1) is 0 Å². The first-order valence-electron chi connectivity index (χ1n) is 7.48. The lowest BCUT2D eigenvalue weighted by Crippen LogP contribution is -2.39. The molecule has 0 amide bonds. The quantitative estimate of drug-likeness (QED) is 0.929. The van der Waals surface area contributed by atoms with Crippen molar-refractivity contribution in [2.24, 2.45) is 5.92 Å². The number of anilines is 1. The Kier molecular flexibility index (Phi) is 4.15. The molecule has 1 aliphatic heterocycles. The molecule has 3 rings (SSSR count). The van der Waals surface area contributed by atoms with Gasteiger partial charge in [0.05, 0.1) is 11.9 Å². The van der Waals surface area contributed by atoms with Crippen LogP contribution >= 0.6 is 0 Å². The predicted octanol–water partition coefficient (Wildman–Crippen LogP) is 1.80. The molecule has 1 aliphatic rings. The summed E-state index contributed by atoms with van der Waals surface area (Å²) in [7, 11) is 2.20. The minimum atomic E-state index is 0.451. The third kappa shape index (κ3) is 3.39. The summed E-state index contributed by atoms with van der Waals surface area (Å²) in [6.45, 7) is 4.64. The maximum atomic E-state index is 4.42. The van der Waals surface area contributed by atoms with Gasteiger partial charge in [-0.25, -0.2) is 14.6 Å². The molecule has 0 saturated carbocycles. The number of hydrogen-bond donors (Lipinski definition) is 1. The third-order valence-corrected chi connectivity index (χ3v) is 4.16. The number of nitrogens with zero attached hydrogens (tertiary/aromatic N) is 5. The zero-order valence-corrected chi connectivity index (χ0v) is 12.6. The number of rotatable bonds is 4. The Balaban J connectivity index is 1.62. The molecule has 2 unspecified atom stereocenters. The van der Waals surface area contributed by atoms with Crippen LogP contribution in [0.1, 0.15) is 19.8 Å². The first kappa shape index (κ1) is 14.0. The summed E-state index contributed by atoms with van der Waals surface area (Å²) in [6.07, 6.45) is 7.60. The van der Waals surface area contributed by atoms with Crippen LogP contribution in [0.5, 0.6) is 0 Å². The van der Waals surface area contributed by atoms with E-state index >= 15 is 0 Å². The van der Waals surface area contributed by atoms with Gasteiger partial charge in [0.1, 0.15) is 12.7 Å². The minimum Gasteiger partial charge on any atom is -0.381 e. The van der Waals surface area contributed by atoms with Gasteiger partial charge in [0.15, 0.2) is 5.82 Å². The van der Waals surface area contributed by atoms with E-state index in [-0.39, 0.29) is 0 Å². The van der Waals surface area contributed by atoms with E-state index in [1.807, 2.05) is 18.3 Å². The van der Waals surface area contributed by atoms with Crippen molar-refractivity contribution in [2.45, 2.75) is 25.8 Å². The molecule has 0 aliphatic carbocycles. The van der Waals surface area contributed by atoms with Gasteiger partial charge < -0.3 is 10.2 Å². The van der Waals surface area contributed by atoms with E-state index in [2.05, 4.69) is 39.3 Å². The maximum Gasteiger partial charge on any atom is 0.155 e. The second-order valence-corrected chi connectivity index (χ2v) is 5.84. The highest BCUT2D eigenvalue weighted by Gasteiger charge is 2.22. The molecule has 21 heavy (non-hydrogen) atoms. The van der Waals surface area contributed by atoms with Crippen LogP contribution in [-0.2, 0) is 0 Å². The van der Waals surface area contributed by atoms with Crippen LogP contribution < -0.4 is 5.32 Å². The number of nitrogens with one attached hydrogen (secondary N) is 1. The van der Waals surface area contributed by atoms with Crippen molar-refractivity contribution in [1.82, 2.24) is 24.6 Å². The second kappa shape index (κ2) is 6.22. The topological polar surface area (TPSA) is 58.9 Å². The van der Waals surface area contributed by atoms with E-state index in [4.69, 9.17) is 0 Å². The molecule has 0 spiro atoms. The van der Waals surface area contributed by atoms with Gasteiger partial charge >= 0.3 is 0 Å². The normalized spacial score (nSPS) is 21.1. The van der Waals surface area contributed by atoms with E-state index in [0.717, 1.165) is 11.5 Å². The first-order valence-corrected chi connectivity index (χ1v) is 7.48. The van der Waals surface area contributed by atoms with E-state index in [1.165, 1.54) is 32.3 Å². The summed E-state index contributed by atoms with van der Waals surface area (Å²) in [5.74, 6) is 1.47. The Morgan fingerprint density at radius 1 is 1.38 bits per heavy atom. The zero-order valence-electron chi connectivity index (χ0n) is 12.6. The summed E-state index contributed by atoms with van der Waals surface area (Å²) in [5, 5.41) is 7.65. The molecule has 6 heteroatoms. The van der Waals surface area contributed by atoms with Gasteiger partial charge in [0.2, 0.25) is 0 Å². The molecular formula is C15H22N6. The Morgan fingerprint density at radius 2 is 2.29 bits per heavy atom. The van der Waals surface area contributed by atoms with Crippen LogP contribution in [0.2, 0.25) is 0 Å². The van der Waals surface area contributed by atoms with Crippen LogP contribution in [0.25, 0.3) is 5.82 Å². The molecule has 0 aromatic carbocycles. The molecule has 1 fully saturated rings. The highest BCUT2D eigenvalue weighted by molar-refractivity contribution is 5.44. The molecule has 6 nitrogen and oxygen atoms in total. The highest BCUT2D eigenvalue weighted by Crippen LogP contribution is 2.21. The van der Waals surface area contributed by atoms with E-state index in [0.29, 0.717) is 12.0 Å². The van der Waals surface area contributed by atoms with E-state index in [9.17, 15) is 0 Å². The fourth-order valence-corrected chi connectivity index (χ4v) is 2.93. The number of pyridine rings is 1. The first-order chi connectivity index (χ1) is 10.2. The van der Waals surface area contributed by atoms with E-state index in [1.54, 1.807) is 11.0 Å². The highest BCUT2D eigenvalue weighted by atomic mass is 15.3. The molecular weight excluding hydrogens is 264 g/mol. The standard InChI is InChI=1S/C15H22N6/c1-12(13-4-3-7-20(2)9-13)19-14-5-6-15(17-8-14)21-11-16-10-18-21/h5-6,8,10-13,19H,3-4,7,9H2,1-2H3. The van der Waals surface area contributed by atoms with E-state index < -0.39 is 0 Å². The lowest BCUT2D eigenvalue weighted by Gasteiger charge is -2.34. The van der Waals surface area contributed by atoms with Crippen LogP contribution in [0.4, 0.5) is 5.69 Å². The molecule has 0 bridgehead atoms. The Bertz CT molecular complexity index is 550. The lowest BCUT2D eigenvalue weighted by molar-refractivity contribution is 0.197. The van der Waals surface area contributed by atoms with Crippen LogP contribution in [0.3, 0.4) is 0 Å². The number of aromatic nitrogens is 4. The predicted molar refractivity (Wildman–Crippen MR) is 82.5 cm³/mol. The molecule has 0 radical (unpaired) electrons. The molecule has 2 aromatic heterocycles. The average molecular weight is 286 g/mol. The summed E-state index contributed by atoms with van der Waals surface area (Å²) in [6, 6.07) is 4.45. The van der Waals surface area contributed by atoms with Crippen LogP contribution in [0.15, 0.2) is 31.0 Å². The smallest absolute Gasteiger partial charge is 0.155 e. The Morgan fingerprint density at radius 3 is 2.95 bits per heavy atom. The summed E-state index contributed by atoms with van der Waals surface area (Å²) in [5.41, 5.74) is 1.06. The van der Waals surface area contributed by atoms with Crippen molar-refractivity contribution in [3.05, 3.63) is 31.0 Å². The Hall–Kier alpha value is -1.95. The monoisotopic (exact) mass is 286 g/mol. The van der Waals surface area contributed by atoms with Crippen molar-refractivity contribution >= 4 is 5.69 Å². The average Bonchev–Trinajstić information content (AvgIpc) is 3.02. The van der Waals surface area contributed by atoms with Gasteiger partial charge in [0, 0.05) is 12.6 Å². The summed E-state index contributed by atoms with van der Waals surface area (Å²) in [4.78, 5) is 10.8.